The monoisotopic (exact) mass is 196 g/mol. The van der Waals surface area contributed by atoms with E-state index in [9.17, 15) is 0 Å². The third kappa shape index (κ3) is 1.38. The first-order valence-corrected chi connectivity index (χ1v) is 5.44. The highest BCUT2D eigenvalue weighted by Crippen LogP contribution is 2.30. The lowest BCUT2D eigenvalue weighted by atomic mass is 9.98. The van der Waals surface area contributed by atoms with Crippen molar-refractivity contribution in [2.75, 3.05) is 33.2 Å². The van der Waals surface area contributed by atoms with E-state index in [1.165, 1.54) is 25.9 Å². The Morgan fingerprint density at radius 3 is 2.93 bits per heavy atom. The minimum absolute atomic E-state index is 0.221. The van der Waals surface area contributed by atoms with E-state index in [1.54, 1.807) is 0 Å². The second-order valence-corrected chi connectivity index (χ2v) is 4.48. The number of nitrogens with zero attached hydrogens (tertiary/aromatic N) is 3. The van der Waals surface area contributed by atoms with Gasteiger partial charge in [0.2, 0.25) is 0 Å². The van der Waals surface area contributed by atoms with Crippen LogP contribution in [0.25, 0.3) is 0 Å². The average molecular weight is 196 g/mol. The Balaban J connectivity index is 2.01. The van der Waals surface area contributed by atoms with Gasteiger partial charge in [0.1, 0.15) is 0 Å². The van der Waals surface area contributed by atoms with Gasteiger partial charge in [-0.2, -0.15) is 0 Å². The fraction of sp³-hybridized carbons (Fsp3) is 0.900. The molecule has 14 heavy (non-hydrogen) atoms. The fourth-order valence-electron chi connectivity index (χ4n) is 2.53. The minimum Gasteiger partial charge on any atom is -0.370 e. The quantitative estimate of drug-likeness (QED) is 0.681. The first kappa shape index (κ1) is 9.77. The van der Waals surface area contributed by atoms with Crippen LogP contribution >= 0.6 is 0 Å². The van der Waals surface area contributed by atoms with Crippen LogP contribution in [0.1, 0.15) is 19.8 Å². The molecular formula is C10H20N4. The van der Waals surface area contributed by atoms with Crippen LogP contribution in [-0.2, 0) is 0 Å². The largest absolute Gasteiger partial charge is 0.370 e. The molecule has 1 atom stereocenters. The zero-order valence-corrected chi connectivity index (χ0v) is 9.16. The topological polar surface area (TPSA) is 44.9 Å². The number of rotatable bonds is 2. The summed E-state index contributed by atoms with van der Waals surface area (Å²) < 4.78 is 0. The smallest absolute Gasteiger partial charge is 0.191 e. The highest BCUT2D eigenvalue weighted by atomic mass is 15.4. The van der Waals surface area contributed by atoms with Crippen molar-refractivity contribution in [1.29, 1.82) is 0 Å². The summed E-state index contributed by atoms with van der Waals surface area (Å²) in [6.07, 6.45) is 2.43. The Labute approximate surface area is 85.8 Å². The summed E-state index contributed by atoms with van der Waals surface area (Å²) in [6.45, 7) is 6.64. The van der Waals surface area contributed by atoms with Crippen molar-refractivity contribution in [3.05, 3.63) is 0 Å². The molecule has 4 heteroatoms. The Morgan fingerprint density at radius 2 is 2.36 bits per heavy atom. The molecule has 0 aromatic carbocycles. The summed E-state index contributed by atoms with van der Waals surface area (Å²) in [5.41, 5.74) is 6.03. The van der Waals surface area contributed by atoms with Crippen LogP contribution in [0, 0.1) is 0 Å². The van der Waals surface area contributed by atoms with Crippen molar-refractivity contribution < 1.29 is 0 Å². The first-order valence-electron chi connectivity index (χ1n) is 5.44. The normalized spacial score (nSPS) is 33.0. The number of guanidine groups is 1. The molecule has 0 amide bonds. The van der Waals surface area contributed by atoms with Gasteiger partial charge >= 0.3 is 0 Å². The molecule has 80 valence electrons. The van der Waals surface area contributed by atoms with Crippen LogP contribution in [0.15, 0.2) is 4.99 Å². The molecule has 2 aliphatic heterocycles. The van der Waals surface area contributed by atoms with Gasteiger partial charge in [0, 0.05) is 20.1 Å². The number of hydrogen-bond donors (Lipinski definition) is 1. The molecule has 4 nitrogen and oxygen atoms in total. The third-order valence-electron chi connectivity index (χ3n) is 3.54. The molecular weight excluding hydrogens is 176 g/mol. The fourth-order valence-corrected chi connectivity index (χ4v) is 2.53. The van der Waals surface area contributed by atoms with Crippen molar-refractivity contribution in [3.8, 4) is 0 Å². The number of nitrogens with two attached hydrogens (primary N) is 1. The van der Waals surface area contributed by atoms with Gasteiger partial charge < -0.3 is 15.5 Å². The molecule has 1 unspecified atom stereocenters. The van der Waals surface area contributed by atoms with Gasteiger partial charge in [0.15, 0.2) is 5.96 Å². The van der Waals surface area contributed by atoms with Crippen LogP contribution in [0.5, 0.6) is 0 Å². The molecule has 2 aliphatic rings. The Bertz CT molecular complexity index is 251. The lowest BCUT2D eigenvalue weighted by Gasteiger charge is -2.32. The van der Waals surface area contributed by atoms with E-state index in [1.807, 2.05) is 0 Å². The van der Waals surface area contributed by atoms with E-state index in [0.29, 0.717) is 5.96 Å². The van der Waals surface area contributed by atoms with Gasteiger partial charge in [-0.15, -0.1) is 0 Å². The zero-order valence-electron chi connectivity index (χ0n) is 9.16. The molecule has 1 fully saturated rings. The van der Waals surface area contributed by atoms with Gasteiger partial charge in [-0.05, 0) is 19.4 Å². The van der Waals surface area contributed by atoms with Crippen molar-refractivity contribution >= 4 is 5.96 Å². The van der Waals surface area contributed by atoms with Crippen LogP contribution in [0.3, 0.4) is 0 Å². The predicted molar refractivity (Wildman–Crippen MR) is 58.3 cm³/mol. The van der Waals surface area contributed by atoms with Gasteiger partial charge in [-0.25, -0.2) is 0 Å². The van der Waals surface area contributed by atoms with Crippen molar-refractivity contribution in [1.82, 2.24) is 9.80 Å². The maximum atomic E-state index is 5.81. The summed E-state index contributed by atoms with van der Waals surface area (Å²) in [6, 6.07) is 0. The van der Waals surface area contributed by atoms with Gasteiger partial charge in [0.25, 0.3) is 0 Å². The predicted octanol–water partition coefficient (Wildman–Crippen LogP) is 0.101. The maximum Gasteiger partial charge on any atom is 0.191 e. The van der Waals surface area contributed by atoms with Crippen LogP contribution in [0.2, 0.25) is 0 Å². The zero-order chi connectivity index (χ0) is 10.2. The molecule has 2 rings (SSSR count). The van der Waals surface area contributed by atoms with Crippen LogP contribution < -0.4 is 5.73 Å². The highest BCUT2D eigenvalue weighted by molar-refractivity contribution is 5.80. The van der Waals surface area contributed by atoms with E-state index in [4.69, 9.17) is 5.73 Å². The van der Waals surface area contributed by atoms with E-state index in [2.05, 4.69) is 28.8 Å². The summed E-state index contributed by atoms with van der Waals surface area (Å²) in [5, 5.41) is 0. The van der Waals surface area contributed by atoms with E-state index >= 15 is 0 Å². The number of aliphatic imine (C=N–C) groups is 1. The molecule has 0 aliphatic carbocycles. The standard InChI is InChI=1S/C10H20N4/c1-3-5-14-6-4-10(8-14)7-12-9(11)13(10)2/h3-8H2,1-2H3,(H2,11,12). The minimum atomic E-state index is 0.221. The van der Waals surface area contributed by atoms with Crippen LogP contribution in [0.4, 0.5) is 0 Å². The Morgan fingerprint density at radius 1 is 1.57 bits per heavy atom. The summed E-state index contributed by atoms with van der Waals surface area (Å²) >= 11 is 0. The SMILES string of the molecule is CCCN1CCC2(CN=C(N)N2C)C1. The lowest BCUT2D eigenvalue weighted by Crippen LogP contribution is -2.51. The molecule has 0 aromatic heterocycles. The number of likely N-dealkylation sites (N-methyl/N-ethyl adjacent to an activating group) is 1. The summed E-state index contributed by atoms with van der Waals surface area (Å²) in [4.78, 5) is 9.03. The average Bonchev–Trinajstić information content (AvgIpc) is 2.69. The molecule has 0 aromatic rings. The summed E-state index contributed by atoms with van der Waals surface area (Å²) in [7, 11) is 2.07. The maximum absolute atomic E-state index is 5.81. The van der Waals surface area contributed by atoms with Crippen molar-refractivity contribution in [3.63, 3.8) is 0 Å². The second-order valence-electron chi connectivity index (χ2n) is 4.48. The second kappa shape index (κ2) is 3.42. The Hall–Kier alpha value is -0.770. The number of likely N-dealkylation sites (tertiary alicyclic amines) is 1. The van der Waals surface area contributed by atoms with Crippen LogP contribution in [-0.4, -0.2) is 54.5 Å². The molecule has 0 radical (unpaired) electrons. The number of hydrogen-bond acceptors (Lipinski definition) is 4. The Kier molecular flexibility index (Phi) is 2.39. The molecule has 2 N–H and O–H groups in total. The summed E-state index contributed by atoms with van der Waals surface area (Å²) in [5.74, 6) is 0.711. The molecule has 1 spiro atoms. The molecule has 0 saturated carbocycles. The van der Waals surface area contributed by atoms with Gasteiger partial charge in [-0.1, -0.05) is 6.92 Å². The van der Waals surface area contributed by atoms with Gasteiger partial charge in [0.05, 0.1) is 12.1 Å². The van der Waals surface area contributed by atoms with E-state index in [0.717, 1.165) is 13.1 Å². The van der Waals surface area contributed by atoms with Crippen molar-refractivity contribution in [2.24, 2.45) is 10.7 Å². The highest BCUT2D eigenvalue weighted by Gasteiger charge is 2.44. The molecule has 2 heterocycles. The third-order valence-corrected chi connectivity index (χ3v) is 3.54. The first-order chi connectivity index (χ1) is 6.68. The van der Waals surface area contributed by atoms with Gasteiger partial charge in [-0.3, -0.25) is 4.99 Å². The molecule has 0 bridgehead atoms. The lowest BCUT2D eigenvalue weighted by molar-refractivity contribution is 0.224. The van der Waals surface area contributed by atoms with E-state index < -0.39 is 0 Å². The van der Waals surface area contributed by atoms with E-state index in [-0.39, 0.29) is 5.54 Å². The van der Waals surface area contributed by atoms with Crippen molar-refractivity contribution in [2.45, 2.75) is 25.3 Å². The molecule has 1 saturated heterocycles.